The first-order valence-corrected chi connectivity index (χ1v) is 5.63. The molecular weight excluding hydrogens is 258 g/mol. The van der Waals surface area contributed by atoms with Crippen molar-refractivity contribution >= 4 is 27.4 Å². The molecule has 0 spiro atoms. The molecule has 0 radical (unpaired) electrons. The molecule has 1 atom stereocenters. The summed E-state index contributed by atoms with van der Waals surface area (Å²) in [6, 6.07) is 2.07. The maximum Gasteiger partial charge on any atom is 0.149 e. The van der Waals surface area contributed by atoms with E-state index in [1.54, 1.807) is 13.3 Å². The number of aromatic nitrogens is 1. The Kier molecular flexibility index (Phi) is 4.84. The Hall–Kier alpha value is -0.810. The molecule has 0 bridgehead atoms. The quantitative estimate of drug-likeness (QED) is 0.864. The highest BCUT2D eigenvalue weighted by Gasteiger charge is 2.08. The van der Waals surface area contributed by atoms with Gasteiger partial charge in [0.2, 0.25) is 0 Å². The molecule has 0 amide bonds. The van der Waals surface area contributed by atoms with Gasteiger partial charge in [-0.1, -0.05) is 6.92 Å². The molecule has 0 aliphatic heterocycles. The van der Waals surface area contributed by atoms with Gasteiger partial charge in [0, 0.05) is 17.8 Å². The van der Waals surface area contributed by atoms with E-state index in [9.17, 15) is 0 Å². The Morgan fingerprint density at radius 3 is 2.93 bits per heavy atom. The fraction of sp³-hybridized carbons (Fsp3) is 0.500. The minimum atomic E-state index is 0.242. The normalized spacial score (nSPS) is 12.5. The molecule has 15 heavy (non-hydrogen) atoms. The lowest BCUT2D eigenvalue weighted by atomic mass is 10.2. The van der Waals surface area contributed by atoms with E-state index in [0.29, 0.717) is 18.1 Å². The first-order valence-electron chi connectivity index (χ1n) is 4.83. The van der Waals surface area contributed by atoms with Gasteiger partial charge in [0.25, 0.3) is 0 Å². The number of nitrogen functional groups attached to an aromatic ring is 1. The number of ether oxygens (including phenoxy) is 1. The SMILES string of the molecule is CCC(COC)Nc1ncc(Br)cc1N. The first-order chi connectivity index (χ1) is 7.17. The number of anilines is 2. The van der Waals surface area contributed by atoms with Gasteiger partial charge < -0.3 is 15.8 Å². The van der Waals surface area contributed by atoms with Crippen LogP contribution < -0.4 is 11.1 Å². The Balaban J connectivity index is 2.70. The van der Waals surface area contributed by atoms with E-state index in [4.69, 9.17) is 10.5 Å². The molecule has 0 aliphatic rings. The molecule has 84 valence electrons. The highest BCUT2D eigenvalue weighted by atomic mass is 79.9. The van der Waals surface area contributed by atoms with Crippen LogP contribution >= 0.6 is 15.9 Å². The molecule has 4 nitrogen and oxygen atoms in total. The van der Waals surface area contributed by atoms with E-state index < -0.39 is 0 Å². The third-order valence-electron chi connectivity index (χ3n) is 2.09. The average Bonchev–Trinajstić information content (AvgIpc) is 2.21. The number of hydrogen-bond acceptors (Lipinski definition) is 4. The zero-order valence-electron chi connectivity index (χ0n) is 8.96. The van der Waals surface area contributed by atoms with Gasteiger partial charge in [0.15, 0.2) is 0 Å². The predicted molar refractivity (Wildman–Crippen MR) is 65.9 cm³/mol. The van der Waals surface area contributed by atoms with Crippen molar-refractivity contribution in [1.29, 1.82) is 0 Å². The summed E-state index contributed by atoms with van der Waals surface area (Å²) in [5.41, 5.74) is 6.46. The van der Waals surface area contributed by atoms with Gasteiger partial charge in [0.1, 0.15) is 5.82 Å². The maximum absolute atomic E-state index is 5.82. The standard InChI is InChI=1S/C10H16BrN3O/c1-3-8(6-15-2)14-10-9(12)4-7(11)5-13-10/h4-5,8H,3,6,12H2,1-2H3,(H,13,14). The molecule has 0 aliphatic carbocycles. The van der Waals surface area contributed by atoms with E-state index in [1.807, 2.05) is 6.07 Å². The maximum atomic E-state index is 5.82. The minimum Gasteiger partial charge on any atom is -0.396 e. The number of pyridine rings is 1. The minimum absolute atomic E-state index is 0.242. The van der Waals surface area contributed by atoms with Crippen LogP contribution in [0.5, 0.6) is 0 Å². The van der Waals surface area contributed by atoms with Gasteiger partial charge >= 0.3 is 0 Å². The molecule has 0 aromatic carbocycles. The van der Waals surface area contributed by atoms with Crippen LogP contribution in [-0.4, -0.2) is 24.7 Å². The topological polar surface area (TPSA) is 60.2 Å². The lowest BCUT2D eigenvalue weighted by molar-refractivity contribution is 0.184. The zero-order valence-corrected chi connectivity index (χ0v) is 10.5. The van der Waals surface area contributed by atoms with Crippen molar-refractivity contribution in [2.45, 2.75) is 19.4 Å². The van der Waals surface area contributed by atoms with Crippen molar-refractivity contribution in [2.24, 2.45) is 0 Å². The number of nitrogens with one attached hydrogen (secondary N) is 1. The lowest BCUT2D eigenvalue weighted by Gasteiger charge is -2.17. The molecule has 5 heteroatoms. The second kappa shape index (κ2) is 5.92. The Morgan fingerprint density at radius 2 is 2.40 bits per heavy atom. The summed E-state index contributed by atoms with van der Waals surface area (Å²) in [5, 5.41) is 3.24. The second-order valence-electron chi connectivity index (χ2n) is 3.30. The van der Waals surface area contributed by atoms with Crippen molar-refractivity contribution in [3.8, 4) is 0 Å². The van der Waals surface area contributed by atoms with Crippen LogP contribution in [0.1, 0.15) is 13.3 Å². The van der Waals surface area contributed by atoms with Gasteiger partial charge in [0.05, 0.1) is 18.3 Å². The number of hydrogen-bond donors (Lipinski definition) is 2. The molecule has 1 heterocycles. The smallest absolute Gasteiger partial charge is 0.149 e. The van der Waals surface area contributed by atoms with Crippen molar-refractivity contribution in [3.05, 3.63) is 16.7 Å². The molecule has 1 aromatic heterocycles. The van der Waals surface area contributed by atoms with E-state index >= 15 is 0 Å². The van der Waals surface area contributed by atoms with Crippen LogP contribution in [0.3, 0.4) is 0 Å². The summed E-state index contributed by atoms with van der Waals surface area (Å²) in [7, 11) is 1.68. The van der Waals surface area contributed by atoms with Crippen LogP contribution in [0, 0.1) is 0 Å². The van der Waals surface area contributed by atoms with E-state index in [2.05, 4.69) is 33.2 Å². The third kappa shape index (κ3) is 3.68. The number of methoxy groups -OCH3 is 1. The highest BCUT2D eigenvalue weighted by molar-refractivity contribution is 9.10. The Bertz CT molecular complexity index is 320. The van der Waals surface area contributed by atoms with Gasteiger partial charge in [-0.15, -0.1) is 0 Å². The predicted octanol–water partition coefficient (Wildman–Crippen LogP) is 2.26. The van der Waals surface area contributed by atoms with E-state index in [0.717, 1.165) is 10.9 Å². The molecule has 0 fully saturated rings. The van der Waals surface area contributed by atoms with Crippen molar-refractivity contribution < 1.29 is 4.74 Å². The molecule has 1 unspecified atom stereocenters. The number of rotatable bonds is 5. The fourth-order valence-corrected chi connectivity index (χ4v) is 1.58. The molecule has 1 aromatic rings. The summed E-state index contributed by atoms with van der Waals surface area (Å²) < 4.78 is 5.97. The van der Waals surface area contributed by atoms with Crippen molar-refractivity contribution in [3.63, 3.8) is 0 Å². The van der Waals surface area contributed by atoms with Crippen LogP contribution in [0.25, 0.3) is 0 Å². The molecule has 0 saturated carbocycles. The van der Waals surface area contributed by atoms with Crippen LogP contribution in [0.4, 0.5) is 11.5 Å². The second-order valence-corrected chi connectivity index (χ2v) is 4.21. The third-order valence-corrected chi connectivity index (χ3v) is 2.52. The summed E-state index contributed by atoms with van der Waals surface area (Å²) >= 11 is 3.32. The van der Waals surface area contributed by atoms with Gasteiger partial charge in [-0.25, -0.2) is 4.98 Å². The van der Waals surface area contributed by atoms with Crippen LogP contribution in [0.2, 0.25) is 0 Å². The van der Waals surface area contributed by atoms with Gasteiger partial charge in [-0.3, -0.25) is 0 Å². The number of halogens is 1. The number of nitrogens with two attached hydrogens (primary N) is 1. The monoisotopic (exact) mass is 273 g/mol. The van der Waals surface area contributed by atoms with Crippen molar-refractivity contribution in [1.82, 2.24) is 4.98 Å². The molecule has 0 saturated heterocycles. The zero-order chi connectivity index (χ0) is 11.3. The van der Waals surface area contributed by atoms with Crippen molar-refractivity contribution in [2.75, 3.05) is 24.8 Å². The summed E-state index contributed by atoms with van der Waals surface area (Å²) in [6.07, 6.45) is 2.68. The molecular formula is C10H16BrN3O. The summed E-state index contributed by atoms with van der Waals surface area (Å²) in [6.45, 7) is 2.74. The summed E-state index contributed by atoms with van der Waals surface area (Å²) in [5.74, 6) is 0.710. The first kappa shape index (κ1) is 12.3. The highest BCUT2D eigenvalue weighted by Crippen LogP contribution is 2.20. The van der Waals surface area contributed by atoms with Crippen LogP contribution in [-0.2, 0) is 4.74 Å². The van der Waals surface area contributed by atoms with E-state index in [-0.39, 0.29) is 6.04 Å². The van der Waals surface area contributed by atoms with Gasteiger partial charge in [-0.05, 0) is 28.4 Å². The Morgan fingerprint density at radius 1 is 1.67 bits per heavy atom. The largest absolute Gasteiger partial charge is 0.396 e. The van der Waals surface area contributed by atoms with Gasteiger partial charge in [-0.2, -0.15) is 0 Å². The summed E-state index contributed by atoms with van der Waals surface area (Å²) in [4.78, 5) is 4.21. The average molecular weight is 274 g/mol. The molecule has 3 N–H and O–H groups in total. The van der Waals surface area contributed by atoms with Crippen LogP contribution in [0.15, 0.2) is 16.7 Å². The number of nitrogens with zero attached hydrogens (tertiary/aromatic N) is 1. The molecule has 1 rings (SSSR count). The fourth-order valence-electron chi connectivity index (χ4n) is 1.23. The Labute approximate surface area is 98.3 Å². The van der Waals surface area contributed by atoms with E-state index in [1.165, 1.54) is 0 Å². The lowest BCUT2D eigenvalue weighted by Crippen LogP contribution is -2.25.